The van der Waals surface area contributed by atoms with Gasteiger partial charge in [0.1, 0.15) is 11.3 Å². The van der Waals surface area contributed by atoms with Crippen LogP contribution in [0.3, 0.4) is 0 Å². The molecule has 5 rings (SSSR count). The number of nitrogens with zero attached hydrogens (tertiary/aromatic N) is 2. The molecule has 0 spiro atoms. The summed E-state index contributed by atoms with van der Waals surface area (Å²) in [6, 6.07) is 1.44. The summed E-state index contributed by atoms with van der Waals surface area (Å²) in [6.45, 7) is 2.59. The molecule has 0 bridgehead atoms. The first-order valence-corrected chi connectivity index (χ1v) is 9.31. The molecule has 1 saturated heterocycles. The third-order valence-electron chi connectivity index (χ3n) is 5.70. The maximum Gasteiger partial charge on any atom is 0.341 e. The maximum absolute atomic E-state index is 15.2. The van der Waals surface area contributed by atoms with E-state index in [1.54, 1.807) is 4.57 Å². The molecule has 3 aliphatic rings. The van der Waals surface area contributed by atoms with Crippen molar-refractivity contribution in [1.29, 1.82) is 0 Å². The number of pyridine rings is 1. The van der Waals surface area contributed by atoms with Gasteiger partial charge in [0.05, 0.1) is 17.5 Å². The number of fused-ring (bicyclic) bond motifs is 5. The molecule has 3 heterocycles. The number of carboxylic acid groups (broad SMARTS) is 1. The molecule has 0 unspecified atom stereocenters. The number of hydrogen-bond acceptors (Lipinski definition) is 5. The van der Waals surface area contributed by atoms with Crippen LogP contribution in [0.1, 0.15) is 35.7 Å². The van der Waals surface area contributed by atoms with E-state index in [2.05, 4.69) is 5.32 Å². The molecule has 2 aromatic rings. The van der Waals surface area contributed by atoms with Crippen molar-refractivity contribution in [2.45, 2.75) is 31.3 Å². The summed E-state index contributed by atoms with van der Waals surface area (Å²) in [7, 11) is 0. The average molecular weight is 373 g/mol. The van der Waals surface area contributed by atoms with Crippen molar-refractivity contribution < 1.29 is 19.0 Å². The molecule has 8 heteroatoms. The minimum absolute atomic E-state index is 0.0756. The number of benzene rings is 1. The van der Waals surface area contributed by atoms with Crippen molar-refractivity contribution in [2.75, 3.05) is 31.1 Å². The zero-order valence-corrected chi connectivity index (χ0v) is 14.7. The molecule has 142 valence electrons. The summed E-state index contributed by atoms with van der Waals surface area (Å²) in [6.07, 6.45) is 3.95. The van der Waals surface area contributed by atoms with Gasteiger partial charge in [0.15, 0.2) is 11.6 Å². The van der Waals surface area contributed by atoms with Crippen molar-refractivity contribution in [3.63, 3.8) is 0 Å². The summed E-state index contributed by atoms with van der Waals surface area (Å²) < 4.78 is 23.0. The second-order valence-corrected chi connectivity index (χ2v) is 7.44. The van der Waals surface area contributed by atoms with E-state index >= 15 is 4.39 Å². The van der Waals surface area contributed by atoms with Crippen LogP contribution in [0, 0.1) is 5.82 Å². The minimum Gasteiger partial charge on any atom is -0.489 e. The van der Waals surface area contributed by atoms with E-state index in [0.717, 1.165) is 32.4 Å². The van der Waals surface area contributed by atoms with Crippen LogP contribution in [-0.2, 0) is 0 Å². The van der Waals surface area contributed by atoms with Gasteiger partial charge in [0.2, 0.25) is 5.43 Å². The van der Waals surface area contributed by atoms with Crippen LogP contribution < -0.4 is 20.4 Å². The smallest absolute Gasteiger partial charge is 0.341 e. The Labute approximate surface area is 154 Å². The summed E-state index contributed by atoms with van der Waals surface area (Å²) in [5, 5.41) is 12.8. The number of ether oxygens (including phenoxy) is 1. The van der Waals surface area contributed by atoms with Gasteiger partial charge in [-0.25, -0.2) is 9.18 Å². The Morgan fingerprint density at radius 2 is 2.11 bits per heavy atom. The van der Waals surface area contributed by atoms with Gasteiger partial charge in [-0.1, -0.05) is 0 Å². The second kappa shape index (κ2) is 5.95. The lowest BCUT2D eigenvalue weighted by molar-refractivity contribution is 0.0695. The lowest BCUT2D eigenvalue weighted by Gasteiger charge is -2.36. The highest BCUT2D eigenvalue weighted by atomic mass is 19.1. The fourth-order valence-corrected chi connectivity index (χ4v) is 4.25. The Morgan fingerprint density at radius 1 is 1.30 bits per heavy atom. The third-order valence-corrected chi connectivity index (χ3v) is 5.70. The van der Waals surface area contributed by atoms with Crippen LogP contribution in [0.2, 0.25) is 0 Å². The molecule has 7 nitrogen and oxygen atoms in total. The molecule has 1 atom stereocenters. The van der Waals surface area contributed by atoms with E-state index in [0.29, 0.717) is 30.1 Å². The summed E-state index contributed by atoms with van der Waals surface area (Å²) >= 11 is 0. The Balaban J connectivity index is 1.85. The van der Waals surface area contributed by atoms with Crippen LogP contribution in [0.5, 0.6) is 5.75 Å². The predicted molar refractivity (Wildman–Crippen MR) is 97.5 cm³/mol. The van der Waals surface area contributed by atoms with Gasteiger partial charge < -0.3 is 24.6 Å². The van der Waals surface area contributed by atoms with Gasteiger partial charge in [0, 0.05) is 44.3 Å². The van der Waals surface area contributed by atoms with Crippen LogP contribution >= 0.6 is 0 Å². The van der Waals surface area contributed by atoms with Crippen molar-refractivity contribution in [2.24, 2.45) is 0 Å². The van der Waals surface area contributed by atoms with Crippen molar-refractivity contribution in [3.05, 3.63) is 33.9 Å². The van der Waals surface area contributed by atoms with E-state index in [1.807, 2.05) is 4.90 Å². The third kappa shape index (κ3) is 2.50. The quantitative estimate of drug-likeness (QED) is 0.834. The Kier molecular flexibility index (Phi) is 3.65. The molecule has 1 aromatic carbocycles. The molecule has 1 saturated carbocycles. The van der Waals surface area contributed by atoms with E-state index in [9.17, 15) is 14.7 Å². The van der Waals surface area contributed by atoms with Crippen LogP contribution in [0.15, 0.2) is 17.1 Å². The highest BCUT2D eigenvalue weighted by Gasteiger charge is 2.35. The lowest BCUT2D eigenvalue weighted by atomic mass is 10.1. The molecule has 2 aliphatic heterocycles. The number of carboxylic acids is 1. The summed E-state index contributed by atoms with van der Waals surface area (Å²) in [5.74, 6) is -1.46. The number of anilines is 1. The number of halogens is 1. The van der Waals surface area contributed by atoms with Gasteiger partial charge in [-0.05, 0) is 18.9 Å². The van der Waals surface area contributed by atoms with E-state index in [4.69, 9.17) is 4.74 Å². The van der Waals surface area contributed by atoms with Crippen molar-refractivity contribution >= 4 is 22.6 Å². The molecular weight excluding hydrogens is 353 g/mol. The van der Waals surface area contributed by atoms with Crippen molar-refractivity contribution in [1.82, 2.24) is 9.88 Å². The Hall–Kier alpha value is -2.61. The molecule has 0 amide bonds. The second-order valence-electron chi connectivity index (χ2n) is 7.44. The fraction of sp³-hybridized carbons (Fsp3) is 0.474. The number of piperazine rings is 1. The molecule has 27 heavy (non-hydrogen) atoms. The van der Waals surface area contributed by atoms with E-state index in [1.165, 1.54) is 12.3 Å². The largest absolute Gasteiger partial charge is 0.489 e. The molecule has 2 N–H and O–H groups in total. The average Bonchev–Trinajstić information content (AvgIpc) is 3.48. The summed E-state index contributed by atoms with van der Waals surface area (Å²) in [4.78, 5) is 26.3. The van der Waals surface area contributed by atoms with Gasteiger partial charge >= 0.3 is 5.97 Å². The Bertz CT molecular complexity index is 1010. The van der Waals surface area contributed by atoms with Crippen molar-refractivity contribution in [3.8, 4) is 5.75 Å². The first-order valence-electron chi connectivity index (χ1n) is 9.31. The number of aromatic carboxylic acids is 1. The predicted octanol–water partition coefficient (Wildman–Crippen LogP) is 1.73. The number of nitrogens with one attached hydrogen (secondary N) is 1. The SMILES string of the molecule is O=C(O)c1cn(C2CC2)c2c3c(c(F)cc2c1=O)N1CCNC[C@H]1CCO3. The highest BCUT2D eigenvalue weighted by molar-refractivity contribution is 5.97. The topological polar surface area (TPSA) is 83.8 Å². The number of aromatic nitrogens is 1. The lowest BCUT2D eigenvalue weighted by Crippen LogP contribution is -2.51. The molecule has 0 radical (unpaired) electrons. The zero-order valence-electron chi connectivity index (χ0n) is 14.7. The van der Waals surface area contributed by atoms with Crippen LogP contribution in [-0.4, -0.2) is 47.9 Å². The molecule has 1 aliphatic carbocycles. The van der Waals surface area contributed by atoms with Gasteiger partial charge in [-0.3, -0.25) is 4.79 Å². The van der Waals surface area contributed by atoms with E-state index < -0.39 is 17.2 Å². The standard InChI is InChI=1S/C19H20FN3O4/c20-14-7-12-15(23(10-1-2-10)9-13(17(12)24)19(25)26)18-16(14)22-5-4-21-8-11(22)3-6-27-18/h7,9-11,21H,1-6,8H2,(H,25,26)/t11-/m1/s1. The summed E-state index contributed by atoms with van der Waals surface area (Å²) in [5.41, 5.74) is -0.0883. The first-order chi connectivity index (χ1) is 13.1. The van der Waals surface area contributed by atoms with Gasteiger partial charge in [-0.15, -0.1) is 0 Å². The minimum atomic E-state index is -1.30. The Morgan fingerprint density at radius 3 is 2.85 bits per heavy atom. The highest BCUT2D eigenvalue weighted by Crippen LogP contribution is 2.45. The zero-order chi connectivity index (χ0) is 18.7. The maximum atomic E-state index is 15.2. The van der Waals surface area contributed by atoms with Gasteiger partial charge in [0.25, 0.3) is 0 Å². The van der Waals surface area contributed by atoms with Crippen LogP contribution in [0.4, 0.5) is 10.1 Å². The van der Waals surface area contributed by atoms with E-state index in [-0.39, 0.29) is 23.0 Å². The molecular formula is C19H20FN3O4. The first kappa shape index (κ1) is 16.6. The number of hydrogen-bond donors (Lipinski definition) is 2. The fourth-order valence-electron chi connectivity index (χ4n) is 4.25. The molecule has 1 aromatic heterocycles. The van der Waals surface area contributed by atoms with Gasteiger partial charge in [-0.2, -0.15) is 0 Å². The number of rotatable bonds is 2. The van der Waals surface area contributed by atoms with Crippen LogP contribution in [0.25, 0.3) is 10.9 Å². The molecule has 2 fully saturated rings. The monoisotopic (exact) mass is 373 g/mol. The normalized spacial score (nSPS) is 22.0. The number of carbonyl (C=O) groups is 1.